The summed E-state index contributed by atoms with van der Waals surface area (Å²) >= 11 is 0. The first-order valence-corrected chi connectivity index (χ1v) is 5.16. The van der Waals surface area contributed by atoms with Gasteiger partial charge in [-0.2, -0.15) is 0 Å². The number of para-hydroxylation sites is 1. The molecule has 3 nitrogen and oxygen atoms in total. The van der Waals surface area contributed by atoms with E-state index in [1.807, 2.05) is 30.3 Å². The molecule has 0 amide bonds. The van der Waals surface area contributed by atoms with Gasteiger partial charge in [0, 0.05) is 17.8 Å². The number of methoxy groups -OCH3 is 1. The van der Waals surface area contributed by atoms with Crippen LogP contribution in [0.15, 0.2) is 42.5 Å². The molecule has 0 saturated carbocycles. The lowest BCUT2D eigenvalue weighted by Gasteiger charge is -2.11. The van der Waals surface area contributed by atoms with Crippen LogP contribution in [0.25, 0.3) is 0 Å². The van der Waals surface area contributed by atoms with Crippen LogP contribution in [0.4, 0.5) is 21.5 Å². The molecular formula is C13H13FN2O. The minimum absolute atomic E-state index is 0.164. The maximum absolute atomic E-state index is 13.3. The second kappa shape index (κ2) is 4.74. The minimum atomic E-state index is -0.469. The van der Waals surface area contributed by atoms with Crippen molar-refractivity contribution in [1.82, 2.24) is 0 Å². The molecule has 3 N–H and O–H groups in total. The van der Waals surface area contributed by atoms with Gasteiger partial charge in [0.1, 0.15) is 0 Å². The normalized spacial score (nSPS) is 10.0. The summed E-state index contributed by atoms with van der Waals surface area (Å²) in [6.07, 6.45) is 0. The van der Waals surface area contributed by atoms with Crippen LogP contribution in [0.3, 0.4) is 0 Å². The van der Waals surface area contributed by atoms with E-state index in [9.17, 15) is 4.39 Å². The monoisotopic (exact) mass is 232 g/mol. The zero-order chi connectivity index (χ0) is 12.3. The second-order valence-corrected chi connectivity index (χ2v) is 3.57. The Bertz CT molecular complexity index is 514. The predicted octanol–water partition coefficient (Wildman–Crippen LogP) is 3.16. The Morgan fingerprint density at radius 3 is 2.53 bits per heavy atom. The molecule has 88 valence electrons. The molecule has 0 heterocycles. The van der Waals surface area contributed by atoms with Gasteiger partial charge < -0.3 is 15.8 Å². The number of benzene rings is 2. The molecule has 0 aliphatic rings. The van der Waals surface area contributed by atoms with Gasteiger partial charge in [0.15, 0.2) is 11.6 Å². The first-order valence-electron chi connectivity index (χ1n) is 5.16. The van der Waals surface area contributed by atoms with Gasteiger partial charge in [-0.1, -0.05) is 18.2 Å². The molecule has 0 fully saturated rings. The van der Waals surface area contributed by atoms with Gasteiger partial charge in [0.05, 0.1) is 18.5 Å². The molecule has 2 aromatic carbocycles. The molecule has 2 rings (SSSR count). The topological polar surface area (TPSA) is 47.3 Å². The lowest BCUT2D eigenvalue weighted by atomic mass is 10.2. The average molecular weight is 232 g/mol. The molecule has 0 saturated heterocycles. The van der Waals surface area contributed by atoms with E-state index in [0.29, 0.717) is 11.4 Å². The van der Waals surface area contributed by atoms with Crippen LogP contribution in [0.2, 0.25) is 0 Å². The van der Waals surface area contributed by atoms with Crippen LogP contribution < -0.4 is 15.8 Å². The number of nitrogens with one attached hydrogen (secondary N) is 1. The smallest absolute Gasteiger partial charge is 0.167 e. The zero-order valence-corrected chi connectivity index (χ0v) is 9.41. The van der Waals surface area contributed by atoms with Crippen molar-refractivity contribution in [3.8, 4) is 5.75 Å². The highest BCUT2D eigenvalue weighted by Gasteiger charge is 2.08. The van der Waals surface area contributed by atoms with Crippen LogP contribution in [0.1, 0.15) is 0 Å². The Labute approximate surface area is 99.0 Å². The molecule has 0 atom stereocenters. The summed E-state index contributed by atoms with van der Waals surface area (Å²) in [4.78, 5) is 0. The van der Waals surface area contributed by atoms with Gasteiger partial charge in [-0.15, -0.1) is 0 Å². The van der Waals surface area contributed by atoms with E-state index in [4.69, 9.17) is 10.5 Å². The molecule has 4 heteroatoms. The number of ether oxygens (including phenoxy) is 1. The van der Waals surface area contributed by atoms with Gasteiger partial charge in [-0.05, 0) is 12.1 Å². The van der Waals surface area contributed by atoms with E-state index >= 15 is 0 Å². The number of rotatable bonds is 3. The van der Waals surface area contributed by atoms with Crippen molar-refractivity contribution in [1.29, 1.82) is 0 Å². The fourth-order valence-electron chi connectivity index (χ4n) is 1.51. The van der Waals surface area contributed by atoms with Crippen molar-refractivity contribution < 1.29 is 9.13 Å². The molecule has 0 spiro atoms. The highest BCUT2D eigenvalue weighted by atomic mass is 19.1. The summed E-state index contributed by atoms with van der Waals surface area (Å²) in [5.74, 6) is -0.304. The van der Waals surface area contributed by atoms with Crippen molar-refractivity contribution in [3.63, 3.8) is 0 Å². The fourth-order valence-corrected chi connectivity index (χ4v) is 1.51. The molecule has 17 heavy (non-hydrogen) atoms. The van der Waals surface area contributed by atoms with E-state index in [2.05, 4.69) is 5.32 Å². The quantitative estimate of drug-likeness (QED) is 0.799. The van der Waals surface area contributed by atoms with Crippen LogP contribution >= 0.6 is 0 Å². The number of nitrogen functional groups attached to an aromatic ring is 1. The largest absolute Gasteiger partial charge is 0.494 e. The summed E-state index contributed by atoms with van der Waals surface area (Å²) in [5, 5.41) is 3.10. The van der Waals surface area contributed by atoms with Gasteiger partial charge in [0.25, 0.3) is 0 Å². The summed E-state index contributed by atoms with van der Waals surface area (Å²) in [5.41, 5.74) is 7.58. The molecule has 0 unspecified atom stereocenters. The van der Waals surface area contributed by atoms with Crippen molar-refractivity contribution in [2.24, 2.45) is 0 Å². The van der Waals surface area contributed by atoms with Gasteiger partial charge >= 0.3 is 0 Å². The molecule has 0 aliphatic carbocycles. The van der Waals surface area contributed by atoms with E-state index < -0.39 is 5.82 Å². The zero-order valence-electron chi connectivity index (χ0n) is 9.41. The van der Waals surface area contributed by atoms with E-state index in [1.165, 1.54) is 19.2 Å². The lowest BCUT2D eigenvalue weighted by molar-refractivity contribution is 0.387. The maximum atomic E-state index is 13.3. The first-order chi connectivity index (χ1) is 8.20. The summed E-state index contributed by atoms with van der Waals surface area (Å²) in [7, 11) is 1.42. The summed E-state index contributed by atoms with van der Waals surface area (Å²) in [6.45, 7) is 0. The minimum Gasteiger partial charge on any atom is -0.494 e. The van der Waals surface area contributed by atoms with Crippen LogP contribution in [0.5, 0.6) is 5.75 Å². The Morgan fingerprint density at radius 1 is 1.18 bits per heavy atom. The molecule has 0 radical (unpaired) electrons. The number of halogens is 1. The highest BCUT2D eigenvalue weighted by Crippen LogP contribution is 2.30. The SMILES string of the molecule is COc1cc(Nc2ccccc2)c(N)cc1F. The molecule has 0 bridgehead atoms. The highest BCUT2D eigenvalue weighted by molar-refractivity contribution is 5.74. The number of hydrogen-bond donors (Lipinski definition) is 2. The number of anilines is 3. The Hall–Kier alpha value is -2.23. The van der Waals surface area contributed by atoms with Crippen LogP contribution in [-0.2, 0) is 0 Å². The van der Waals surface area contributed by atoms with Crippen molar-refractivity contribution >= 4 is 17.1 Å². The Balaban J connectivity index is 2.33. The van der Waals surface area contributed by atoms with E-state index in [0.717, 1.165) is 5.69 Å². The summed E-state index contributed by atoms with van der Waals surface area (Å²) in [6, 6.07) is 12.3. The molecule has 0 aromatic heterocycles. The molecular weight excluding hydrogens is 219 g/mol. The van der Waals surface area contributed by atoms with E-state index in [1.54, 1.807) is 0 Å². The van der Waals surface area contributed by atoms with Crippen molar-refractivity contribution in [2.75, 3.05) is 18.2 Å². The third-order valence-electron chi connectivity index (χ3n) is 2.38. The Kier molecular flexibility index (Phi) is 3.14. The molecule has 0 aliphatic heterocycles. The van der Waals surface area contributed by atoms with Crippen LogP contribution in [0, 0.1) is 5.82 Å². The standard InChI is InChI=1S/C13H13FN2O/c1-17-13-8-12(11(15)7-10(13)14)16-9-5-3-2-4-6-9/h2-8,16H,15H2,1H3. The van der Waals surface area contributed by atoms with E-state index in [-0.39, 0.29) is 5.75 Å². The summed E-state index contributed by atoms with van der Waals surface area (Å²) < 4.78 is 18.2. The Morgan fingerprint density at radius 2 is 1.88 bits per heavy atom. The maximum Gasteiger partial charge on any atom is 0.167 e. The van der Waals surface area contributed by atoms with Crippen molar-refractivity contribution in [2.45, 2.75) is 0 Å². The van der Waals surface area contributed by atoms with Gasteiger partial charge in [-0.3, -0.25) is 0 Å². The molecule has 2 aromatic rings. The fraction of sp³-hybridized carbons (Fsp3) is 0.0769. The third-order valence-corrected chi connectivity index (χ3v) is 2.38. The predicted molar refractivity (Wildman–Crippen MR) is 67.1 cm³/mol. The number of hydrogen-bond acceptors (Lipinski definition) is 3. The van der Waals surface area contributed by atoms with Crippen LogP contribution in [-0.4, -0.2) is 7.11 Å². The average Bonchev–Trinajstić information content (AvgIpc) is 2.34. The van der Waals surface area contributed by atoms with Gasteiger partial charge in [-0.25, -0.2) is 4.39 Å². The second-order valence-electron chi connectivity index (χ2n) is 3.57. The number of nitrogens with two attached hydrogens (primary N) is 1. The third kappa shape index (κ3) is 2.47. The van der Waals surface area contributed by atoms with Gasteiger partial charge in [0.2, 0.25) is 0 Å². The lowest BCUT2D eigenvalue weighted by Crippen LogP contribution is -1.99. The van der Waals surface area contributed by atoms with Crippen molar-refractivity contribution in [3.05, 3.63) is 48.3 Å². The first kappa shape index (κ1) is 11.3.